The molecule has 3 rings (SSSR count). The maximum Gasteiger partial charge on any atom is 0.176 e. The third-order valence-corrected chi connectivity index (χ3v) is 3.34. The second-order valence-electron chi connectivity index (χ2n) is 4.66. The highest BCUT2D eigenvalue weighted by Crippen LogP contribution is 2.19. The van der Waals surface area contributed by atoms with Crippen molar-refractivity contribution < 1.29 is 4.79 Å². The average Bonchev–Trinajstić information content (AvgIpc) is 2.97. The minimum Gasteiger partial charge on any atom is -0.339 e. The lowest BCUT2D eigenvalue weighted by Crippen LogP contribution is -2.07. The molecular weight excluding hydrogens is 238 g/mol. The van der Waals surface area contributed by atoms with Crippen molar-refractivity contribution in [2.75, 3.05) is 0 Å². The molecule has 4 nitrogen and oxygen atoms in total. The molecule has 4 heteroatoms. The lowest BCUT2D eigenvalue weighted by Gasteiger charge is -2.04. The normalized spacial score (nSPS) is 11.1. The molecule has 0 aliphatic heterocycles. The summed E-state index contributed by atoms with van der Waals surface area (Å²) in [6.45, 7) is 2.20. The van der Waals surface area contributed by atoms with Gasteiger partial charge < -0.3 is 4.57 Å². The van der Waals surface area contributed by atoms with Crippen LogP contribution in [0.1, 0.15) is 23.1 Å². The summed E-state index contributed by atoms with van der Waals surface area (Å²) in [5.41, 5.74) is 2.81. The Morgan fingerprint density at radius 1 is 1.21 bits per heavy atom. The first-order valence-corrected chi connectivity index (χ1v) is 6.23. The number of aromatic nitrogens is 3. The summed E-state index contributed by atoms with van der Waals surface area (Å²) in [5, 5.41) is 5.68. The molecule has 0 spiro atoms. The predicted molar refractivity (Wildman–Crippen MR) is 74.3 cm³/mol. The fourth-order valence-electron chi connectivity index (χ4n) is 2.44. The van der Waals surface area contributed by atoms with Gasteiger partial charge >= 0.3 is 0 Å². The molecule has 0 aliphatic rings. The summed E-state index contributed by atoms with van der Waals surface area (Å²) >= 11 is 0. The van der Waals surface area contributed by atoms with Gasteiger partial charge in [0.15, 0.2) is 5.78 Å². The van der Waals surface area contributed by atoms with E-state index in [0.29, 0.717) is 6.54 Å². The number of hydrogen-bond acceptors (Lipinski definition) is 2. The summed E-state index contributed by atoms with van der Waals surface area (Å²) in [6, 6.07) is 11.9. The van der Waals surface area contributed by atoms with E-state index < -0.39 is 0 Å². The molecule has 0 fully saturated rings. The molecule has 3 aromatic rings. The molecule has 1 aromatic carbocycles. The number of fused-ring (bicyclic) bond motifs is 1. The smallest absolute Gasteiger partial charge is 0.176 e. The molecule has 96 valence electrons. The molecule has 0 N–H and O–H groups in total. The highest BCUT2D eigenvalue weighted by Gasteiger charge is 2.11. The Balaban J connectivity index is 2.06. The van der Waals surface area contributed by atoms with Crippen LogP contribution in [-0.2, 0) is 13.6 Å². The van der Waals surface area contributed by atoms with Gasteiger partial charge in [-0.05, 0) is 18.2 Å². The fraction of sp³-hybridized carbons (Fsp3) is 0.200. The van der Waals surface area contributed by atoms with Crippen LogP contribution in [0.25, 0.3) is 10.9 Å². The first-order chi connectivity index (χ1) is 9.16. The van der Waals surface area contributed by atoms with Crippen molar-refractivity contribution >= 4 is 16.7 Å². The Kier molecular flexibility index (Phi) is 2.71. The molecule has 0 radical (unpaired) electrons. The molecule has 0 saturated heterocycles. The van der Waals surface area contributed by atoms with Crippen LogP contribution in [-0.4, -0.2) is 20.1 Å². The summed E-state index contributed by atoms with van der Waals surface area (Å²) in [6.07, 6.45) is 1.92. The zero-order valence-electron chi connectivity index (χ0n) is 11.0. The van der Waals surface area contributed by atoms with Crippen molar-refractivity contribution in [1.29, 1.82) is 0 Å². The Morgan fingerprint density at radius 3 is 2.79 bits per heavy atom. The number of nitrogens with zero attached hydrogens (tertiary/aromatic N) is 3. The standard InChI is InChI=1S/C15H15N3O/c1-11(19)14-8-5-9-18(14)10-13-12-6-3-4-7-15(12)17(2)16-13/h3-9H,10H2,1-2H3. The average molecular weight is 253 g/mol. The summed E-state index contributed by atoms with van der Waals surface area (Å²) in [5.74, 6) is 0.0743. The Bertz CT molecular complexity index is 752. The van der Waals surface area contributed by atoms with Crippen LogP contribution in [0.3, 0.4) is 0 Å². The summed E-state index contributed by atoms with van der Waals surface area (Å²) in [4.78, 5) is 11.5. The second-order valence-corrected chi connectivity index (χ2v) is 4.66. The number of carbonyl (C=O) groups excluding carboxylic acids is 1. The van der Waals surface area contributed by atoms with Crippen LogP contribution in [0.5, 0.6) is 0 Å². The minimum absolute atomic E-state index is 0.0743. The van der Waals surface area contributed by atoms with Crippen molar-refractivity contribution in [2.45, 2.75) is 13.5 Å². The number of benzene rings is 1. The van der Waals surface area contributed by atoms with Crippen LogP contribution in [0.15, 0.2) is 42.6 Å². The Hall–Kier alpha value is -2.36. The maximum atomic E-state index is 11.5. The predicted octanol–water partition coefficient (Wildman–Crippen LogP) is 2.63. The first-order valence-electron chi connectivity index (χ1n) is 6.23. The zero-order chi connectivity index (χ0) is 13.4. The highest BCUT2D eigenvalue weighted by atomic mass is 16.1. The third kappa shape index (κ3) is 1.95. The number of hydrogen-bond donors (Lipinski definition) is 0. The van der Waals surface area contributed by atoms with Crippen LogP contribution < -0.4 is 0 Å². The van der Waals surface area contributed by atoms with E-state index in [1.165, 1.54) is 0 Å². The van der Waals surface area contributed by atoms with E-state index in [4.69, 9.17) is 0 Å². The van der Waals surface area contributed by atoms with Gasteiger partial charge in [0.25, 0.3) is 0 Å². The van der Waals surface area contributed by atoms with Gasteiger partial charge in [0.2, 0.25) is 0 Å². The van der Waals surface area contributed by atoms with Gasteiger partial charge in [-0.15, -0.1) is 0 Å². The molecule has 0 saturated carbocycles. The van der Waals surface area contributed by atoms with E-state index in [0.717, 1.165) is 22.3 Å². The SMILES string of the molecule is CC(=O)c1cccn1Cc1nn(C)c2ccccc12. The van der Waals surface area contributed by atoms with Gasteiger partial charge in [0.05, 0.1) is 23.4 Å². The van der Waals surface area contributed by atoms with E-state index in [-0.39, 0.29) is 5.78 Å². The van der Waals surface area contributed by atoms with Crippen molar-refractivity contribution in [3.8, 4) is 0 Å². The van der Waals surface area contributed by atoms with Gasteiger partial charge in [0, 0.05) is 25.6 Å². The molecular formula is C15H15N3O. The number of ketones is 1. The molecule has 2 aromatic heterocycles. The van der Waals surface area contributed by atoms with E-state index in [2.05, 4.69) is 11.2 Å². The monoisotopic (exact) mass is 253 g/mol. The molecule has 0 unspecified atom stereocenters. The number of aryl methyl sites for hydroxylation is 1. The van der Waals surface area contributed by atoms with Crippen molar-refractivity contribution in [3.63, 3.8) is 0 Å². The highest BCUT2D eigenvalue weighted by molar-refractivity contribution is 5.92. The third-order valence-electron chi connectivity index (χ3n) is 3.34. The van der Waals surface area contributed by atoms with Gasteiger partial charge in [-0.2, -0.15) is 5.10 Å². The topological polar surface area (TPSA) is 39.8 Å². The van der Waals surface area contributed by atoms with E-state index in [1.807, 2.05) is 52.8 Å². The van der Waals surface area contributed by atoms with Gasteiger partial charge in [0.1, 0.15) is 0 Å². The zero-order valence-corrected chi connectivity index (χ0v) is 11.0. The molecule has 0 amide bonds. The quantitative estimate of drug-likeness (QED) is 0.673. The first kappa shape index (κ1) is 11.7. The van der Waals surface area contributed by atoms with E-state index >= 15 is 0 Å². The lowest BCUT2D eigenvalue weighted by molar-refractivity contribution is 0.100. The minimum atomic E-state index is 0.0743. The van der Waals surface area contributed by atoms with Crippen LogP contribution in [0.4, 0.5) is 0 Å². The fourth-order valence-corrected chi connectivity index (χ4v) is 2.44. The largest absolute Gasteiger partial charge is 0.339 e. The molecule has 0 aliphatic carbocycles. The molecule has 19 heavy (non-hydrogen) atoms. The molecule has 0 bridgehead atoms. The summed E-state index contributed by atoms with van der Waals surface area (Å²) < 4.78 is 3.82. The molecule has 2 heterocycles. The van der Waals surface area contributed by atoms with Gasteiger partial charge in [-0.25, -0.2) is 0 Å². The van der Waals surface area contributed by atoms with Crippen molar-refractivity contribution in [3.05, 3.63) is 54.0 Å². The Labute approximate surface area is 111 Å². The summed E-state index contributed by atoms with van der Waals surface area (Å²) in [7, 11) is 1.94. The van der Waals surface area contributed by atoms with E-state index in [9.17, 15) is 4.79 Å². The van der Waals surface area contributed by atoms with Crippen LogP contribution >= 0.6 is 0 Å². The number of carbonyl (C=O) groups is 1. The molecule has 0 atom stereocenters. The number of Topliss-reactive ketones (excluding diaryl/α,β-unsaturated/α-hetero) is 1. The van der Waals surface area contributed by atoms with Crippen LogP contribution in [0.2, 0.25) is 0 Å². The number of rotatable bonds is 3. The van der Waals surface area contributed by atoms with Crippen molar-refractivity contribution in [1.82, 2.24) is 14.3 Å². The van der Waals surface area contributed by atoms with E-state index in [1.54, 1.807) is 6.92 Å². The van der Waals surface area contributed by atoms with Crippen LogP contribution in [0, 0.1) is 0 Å². The van der Waals surface area contributed by atoms with Crippen molar-refractivity contribution in [2.24, 2.45) is 7.05 Å². The van der Waals surface area contributed by atoms with Gasteiger partial charge in [-0.3, -0.25) is 9.48 Å². The Morgan fingerprint density at radius 2 is 2.00 bits per heavy atom. The lowest BCUT2D eigenvalue weighted by atomic mass is 10.2. The van der Waals surface area contributed by atoms with Gasteiger partial charge in [-0.1, -0.05) is 18.2 Å². The number of para-hydroxylation sites is 1. The maximum absolute atomic E-state index is 11.5. The second kappa shape index (κ2) is 4.39.